The number of nitrogens with zero attached hydrogens (tertiary/aromatic N) is 5. The van der Waals surface area contributed by atoms with Crippen LogP contribution in [-0.2, 0) is 4.74 Å². The fourth-order valence-electron chi connectivity index (χ4n) is 4.09. The van der Waals surface area contributed by atoms with Gasteiger partial charge in [-0.1, -0.05) is 13.8 Å². The Bertz CT molecular complexity index is 862. The summed E-state index contributed by atoms with van der Waals surface area (Å²) in [5.41, 5.74) is 0.352. The highest BCUT2D eigenvalue weighted by Crippen LogP contribution is 2.29. The molecule has 0 amide bonds. The summed E-state index contributed by atoms with van der Waals surface area (Å²) in [6, 6.07) is 5.71. The molecular weight excluding hydrogens is 382 g/mol. The van der Waals surface area contributed by atoms with Gasteiger partial charge in [-0.05, 0) is 55.8 Å². The van der Waals surface area contributed by atoms with Gasteiger partial charge in [-0.15, -0.1) is 0 Å². The lowest BCUT2D eigenvalue weighted by Crippen LogP contribution is -2.40. The van der Waals surface area contributed by atoms with Crippen molar-refractivity contribution < 1.29 is 14.0 Å². The van der Waals surface area contributed by atoms with Crippen molar-refractivity contribution in [3.8, 4) is 11.8 Å². The Morgan fingerprint density at radius 2 is 1.80 bits per heavy atom. The van der Waals surface area contributed by atoms with Gasteiger partial charge < -0.3 is 18.9 Å². The molecule has 0 radical (unpaired) electrons. The number of rotatable bonds is 6. The molecule has 2 aromatic heterocycles. The van der Waals surface area contributed by atoms with Gasteiger partial charge in [-0.3, -0.25) is 0 Å². The van der Waals surface area contributed by atoms with E-state index in [1.165, 1.54) is 0 Å². The third-order valence-corrected chi connectivity index (χ3v) is 5.83. The van der Waals surface area contributed by atoms with Crippen molar-refractivity contribution in [3.05, 3.63) is 29.9 Å². The molecule has 160 valence electrons. The van der Waals surface area contributed by atoms with Crippen LogP contribution < -0.4 is 9.64 Å². The molecule has 30 heavy (non-hydrogen) atoms. The monoisotopic (exact) mass is 411 g/mol. The van der Waals surface area contributed by atoms with Crippen LogP contribution >= 0.6 is 0 Å². The van der Waals surface area contributed by atoms with Crippen LogP contribution in [0.3, 0.4) is 0 Å². The second kappa shape index (κ2) is 9.43. The van der Waals surface area contributed by atoms with E-state index in [9.17, 15) is 0 Å². The van der Waals surface area contributed by atoms with Crippen LogP contribution in [0, 0.1) is 11.3 Å². The number of pyridine rings is 1. The van der Waals surface area contributed by atoms with Crippen molar-refractivity contribution in [1.82, 2.24) is 15.1 Å². The fourth-order valence-corrected chi connectivity index (χ4v) is 4.09. The fraction of sp³-hybridized carbons (Fsp3) is 0.636. The molecule has 0 bridgehead atoms. The van der Waals surface area contributed by atoms with Gasteiger partial charge in [0.2, 0.25) is 5.89 Å². The normalized spacial score (nSPS) is 22.8. The van der Waals surface area contributed by atoms with Crippen LogP contribution in [0.4, 0.5) is 5.95 Å². The van der Waals surface area contributed by atoms with Crippen molar-refractivity contribution in [2.24, 2.45) is 0 Å². The minimum absolute atomic E-state index is 0.122. The Kier molecular flexibility index (Phi) is 6.48. The van der Waals surface area contributed by atoms with E-state index in [0.717, 1.165) is 51.6 Å². The first-order valence-electron chi connectivity index (χ1n) is 10.9. The van der Waals surface area contributed by atoms with E-state index >= 15 is 0 Å². The Balaban J connectivity index is 1.20. The second-order valence-corrected chi connectivity index (χ2v) is 8.39. The van der Waals surface area contributed by atoms with Crippen LogP contribution in [0.5, 0.6) is 5.75 Å². The zero-order valence-electron chi connectivity index (χ0n) is 17.7. The van der Waals surface area contributed by atoms with E-state index in [1.807, 2.05) is 6.07 Å². The summed E-state index contributed by atoms with van der Waals surface area (Å²) in [6.45, 7) is 5.88. The van der Waals surface area contributed by atoms with Crippen molar-refractivity contribution in [2.45, 2.75) is 76.6 Å². The number of hydrogen-bond acceptors (Lipinski definition) is 8. The molecule has 2 aromatic rings. The highest BCUT2D eigenvalue weighted by molar-refractivity contribution is 5.36. The molecule has 0 N–H and O–H groups in total. The predicted octanol–water partition coefficient (Wildman–Crippen LogP) is 3.84. The molecule has 8 nitrogen and oxygen atoms in total. The van der Waals surface area contributed by atoms with Gasteiger partial charge in [-0.2, -0.15) is 10.2 Å². The molecule has 4 rings (SSSR count). The standard InChI is InChI=1S/C22H29N5O3/c1-15(2)21-25-22(26-30-21)27-12-9-18(10-13-27)28-16-5-7-17(8-6-16)29-20-4-3-11-24-19(20)14-23/h3-4,11,15-18H,5-10,12-13H2,1-2H3. The quantitative estimate of drug-likeness (QED) is 0.707. The van der Waals surface area contributed by atoms with Gasteiger partial charge >= 0.3 is 0 Å². The van der Waals surface area contributed by atoms with Crippen LogP contribution in [0.2, 0.25) is 0 Å². The van der Waals surface area contributed by atoms with Crippen molar-refractivity contribution >= 4 is 5.95 Å². The molecule has 1 aliphatic carbocycles. The number of hydrogen-bond donors (Lipinski definition) is 0. The SMILES string of the molecule is CC(C)c1nc(N2CCC(OC3CCC(Oc4cccnc4C#N)CC3)CC2)no1. The van der Waals surface area contributed by atoms with Crippen LogP contribution in [0.25, 0.3) is 0 Å². The lowest BCUT2D eigenvalue weighted by atomic mass is 9.94. The van der Waals surface area contributed by atoms with Crippen LogP contribution in [-0.4, -0.2) is 46.5 Å². The molecule has 3 heterocycles. The highest BCUT2D eigenvalue weighted by atomic mass is 16.5. The Hall–Kier alpha value is -2.66. The van der Waals surface area contributed by atoms with E-state index in [-0.39, 0.29) is 24.2 Å². The molecule has 1 saturated carbocycles. The van der Waals surface area contributed by atoms with E-state index in [4.69, 9.17) is 19.3 Å². The largest absolute Gasteiger partial charge is 0.487 e. The van der Waals surface area contributed by atoms with Gasteiger partial charge in [0.25, 0.3) is 5.95 Å². The lowest BCUT2D eigenvalue weighted by molar-refractivity contribution is -0.0528. The Labute approximate surface area is 177 Å². The first kappa shape index (κ1) is 20.6. The number of aromatic nitrogens is 3. The van der Waals surface area contributed by atoms with Gasteiger partial charge in [0.05, 0.1) is 18.3 Å². The summed E-state index contributed by atoms with van der Waals surface area (Å²) in [4.78, 5) is 10.7. The molecule has 0 aromatic carbocycles. The zero-order chi connectivity index (χ0) is 20.9. The molecule has 1 saturated heterocycles. The van der Waals surface area contributed by atoms with Gasteiger partial charge in [0.15, 0.2) is 11.4 Å². The van der Waals surface area contributed by atoms with E-state index in [0.29, 0.717) is 23.3 Å². The summed E-state index contributed by atoms with van der Waals surface area (Å²) in [6.07, 6.45) is 8.08. The first-order valence-corrected chi connectivity index (χ1v) is 10.9. The summed E-state index contributed by atoms with van der Waals surface area (Å²) in [5, 5.41) is 13.3. The van der Waals surface area contributed by atoms with Crippen molar-refractivity contribution in [3.63, 3.8) is 0 Å². The maximum atomic E-state index is 9.16. The van der Waals surface area contributed by atoms with Crippen LogP contribution in [0.15, 0.2) is 22.9 Å². The number of nitriles is 1. The molecular formula is C22H29N5O3. The Morgan fingerprint density at radius 1 is 1.10 bits per heavy atom. The van der Waals surface area contributed by atoms with Crippen molar-refractivity contribution in [1.29, 1.82) is 5.26 Å². The minimum atomic E-state index is 0.122. The molecule has 8 heteroatoms. The van der Waals surface area contributed by atoms with E-state index in [2.05, 4.69) is 39.9 Å². The van der Waals surface area contributed by atoms with Gasteiger partial charge in [-0.25, -0.2) is 4.98 Å². The maximum absolute atomic E-state index is 9.16. The first-order chi connectivity index (χ1) is 14.6. The average Bonchev–Trinajstić information content (AvgIpc) is 3.27. The lowest BCUT2D eigenvalue weighted by Gasteiger charge is -2.35. The number of anilines is 1. The predicted molar refractivity (Wildman–Crippen MR) is 110 cm³/mol. The van der Waals surface area contributed by atoms with Gasteiger partial charge in [0.1, 0.15) is 6.07 Å². The smallest absolute Gasteiger partial charge is 0.266 e. The maximum Gasteiger partial charge on any atom is 0.266 e. The molecule has 1 aliphatic heterocycles. The molecule has 0 atom stereocenters. The summed E-state index contributed by atoms with van der Waals surface area (Å²) in [7, 11) is 0. The topological polar surface area (TPSA) is 97.3 Å². The number of piperidine rings is 1. The van der Waals surface area contributed by atoms with Crippen LogP contribution in [0.1, 0.15) is 69.9 Å². The molecule has 2 aliphatic rings. The average molecular weight is 412 g/mol. The third-order valence-electron chi connectivity index (χ3n) is 5.83. The summed E-state index contributed by atoms with van der Waals surface area (Å²) in [5.74, 6) is 2.21. The molecule has 2 fully saturated rings. The second-order valence-electron chi connectivity index (χ2n) is 8.39. The summed E-state index contributed by atoms with van der Waals surface area (Å²) >= 11 is 0. The summed E-state index contributed by atoms with van der Waals surface area (Å²) < 4.78 is 17.7. The highest BCUT2D eigenvalue weighted by Gasteiger charge is 2.29. The van der Waals surface area contributed by atoms with Crippen molar-refractivity contribution in [2.75, 3.05) is 18.0 Å². The Morgan fingerprint density at radius 3 is 2.47 bits per heavy atom. The van der Waals surface area contributed by atoms with Gasteiger partial charge in [0, 0.05) is 25.2 Å². The van der Waals surface area contributed by atoms with E-state index < -0.39 is 0 Å². The zero-order valence-corrected chi connectivity index (χ0v) is 17.7. The third kappa shape index (κ3) is 4.90. The minimum Gasteiger partial charge on any atom is -0.487 e. The molecule has 0 spiro atoms. The molecule has 0 unspecified atom stereocenters. The van der Waals surface area contributed by atoms with E-state index in [1.54, 1.807) is 12.3 Å². The number of ether oxygens (including phenoxy) is 2.